The molecule has 0 aromatic heterocycles. The Morgan fingerprint density at radius 1 is 1.20 bits per heavy atom. The molecule has 0 amide bonds. The number of carbonyl (C=O) groups is 2. The third kappa shape index (κ3) is 3.59. The number of hydrogen-bond donors (Lipinski definition) is 0. The number of hydrogen-bond acceptors (Lipinski definition) is 3. The molecule has 0 unspecified atom stereocenters. The molecule has 1 fully saturated rings. The zero-order valence-electron chi connectivity index (χ0n) is 9.00. The summed E-state index contributed by atoms with van der Waals surface area (Å²) in [5.74, 6) is 0.332. The van der Waals surface area contributed by atoms with Gasteiger partial charge in [0, 0.05) is 5.92 Å². The highest BCUT2D eigenvalue weighted by Crippen LogP contribution is 2.30. The van der Waals surface area contributed by atoms with Crippen molar-refractivity contribution in [3.8, 4) is 0 Å². The Labute approximate surface area is 98.7 Å². The van der Waals surface area contributed by atoms with Crippen LogP contribution in [0.15, 0.2) is 0 Å². The summed E-state index contributed by atoms with van der Waals surface area (Å²) in [7, 11) is 0. The van der Waals surface area contributed by atoms with Gasteiger partial charge in [-0.25, -0.2) is 0 Å². The van der Waals surface area contributed by atoms with Crippen LogP contribution >= 0.6 is 15.9 Å². The molecule has 86 valence electrons. The molecular weight excluding hydrogens is 260 g/mol. The third-order valence-electron chi connectivity index (χ3n) is 2.93. The average Bonchev–Trinajstić information content (AvgIpc) is 2.28. The number of ketones is 1. The second-order valence-electron chi connectivity index (χ2n) is 3.90. The van der Waals surface area contributed by atoms with Gasteiger partial charge in [-0.1, -0.05) is 15.9 Å². The molecule has 1 saturated carbocycles. The van der Waals surface area contributed by atoms with E-state index in [1.165, 1.54) is 0 Å². The Balaban J connectivity index is 2.35. The van der Waals surface area contributed by atoms with Crippen molar-refractivity contribution < 1.29 is 14.3 Å². The predicted molar refractivity (Wildman–Crippen MR) is 60.9 cm³/mol. The Bertz CT molecular complexity index is 232. The van der Waals surface area contributed by atoms with Crippen LogP contribution in [0.1, 0.15) is 32.6 Å². The van der Waals surface area contributed by atoms with E-state index >= 15 is 0 Å². The summed E-state index contributed by atoms with van der Waals surface area (Å²) in [4.78, 5) is 22.8. The van der Waals surface area contributed by atoms with Crippen molar-refractivity contribution in [3.63, 3.8) is 0 Å². The van der Waals surface area contributed by atoms with Gasteiger partial charge in [0.15, 0.2) is 0 Å². The van der Waals surface area contributed by atoms with Crippen LogP contribution in [0.4, 0.5) is 0 Å². The number of carbonyl (C=O) groups excluding carboxylic acids is 2. The number of ether oxygens (including phenoxy) is 1. The van der Waals surface area contributed by atoms with Crippen LogP contribution < -0.4 is 0 Å². The molecule has 0 aromatic carbocycles. The average molecular weight is 277 g/mol. The summed E-state index contributed by atoms with van der Waals surface area (Å²) in [5.41, 5.74) is 0. The number of halogens is 1. The highest BCUT2D eigenvalue weighted by Gasteiger charge is 2.29. The minimum Gasteiger partial charge on any atom is -0.466 e. The molecule has 0 aliphatic heterocycles. The first kappa shape index (κ1) is 12.7. The first-order chi connectivity index (χ1) is 7.19. The molecule has 4 heteroatoms. The van der Waals surface area contributed by atoms with Gasteiger partial charge in [-0.2, -0.15) is 0 Å². The molecule has 0 spiro atoms. The predicted octanol–water partition coefficient (Wildman–Crippen LogP) is 2.32. The largest absolute Gasteiger partial charge is 0.466 e. The summed E-state index contributed by atoms with van der Waals surface area (Å²) >= 11 is 3.18. The van der Waals surface area contributed by atoms with Gasteiger partial charge >= 0.3 is 5.97 Å². The van der Waals surface area contributed by atoms with Crippen molar-refractivity contribution in [1.82, 2.24) is 0 Å². The van der Waals surface area contributed by atoms with Gasteiger partial charge in [-0.3, -0.25) is 9.59 Å². The lowest BCUT2D eigenvalue weighted by Crippen LogP contribution is -2.27. The van der Waals surface area contributed by atoms with Crippen molar-refractivity contribution in [1.29, 1.82) is 0 Å². The van der Waals surface area contributed by atoms with E-state index in [9.17, 15) is 9.59 Å². The number of esters is 1. The van der Waals surface area contributed by atoms with Gasteiger partial charge in [0.25, 0.3) is 0 Å². The van der Waals surface area contributed by atoms with E-state index in [0.717, 1.165) is 25.7 Å². The molecule has 15 heavy (non-hydrogen) atoms. The first-order valence-electron chi connectivity index (χ1n) is 5.44. The molecule has 0 radical (unpaired) electrons. The Hall–Kier alpha value is -0.380. The monoisotopic (exact) mass is 276 g/mol. The lowest BCUT2D eigenvalue weighted by molar-refractivity contribution is -0.150. The minimum absolute atomic E-state index is 0.0179. The fourth-order valence-corrected chi connectivity index (χ4v) is 2.48. The maximum absolute atomic E-state index is 11.4. The smallest absolute Gasteiger partial charge is 0.308 e. The van der Waals surface area contributed by atoms with Crippen LogP contribution in [0, 0.1) is 11.8 Å². The molecule has 0 saturated heterocycles. The molecular formula is C11H17BrO3. The van der Waals surface area contributed by atoms with Gasteiger partial charge < -0.3 is 4.74 Å². The fraction of sp³-hybridized carbons (Fsp3) is 0.818. The lowest BCUT2D eigenvalue weighted by Gasteiger charge is -2.25. The first-order valence-corrected chi connectivity index (χ1v) is 6.56. The van der Waals surface area contributed by atoms with Crippen molar-refractivity contribution in [3.05, 3.63) is 0 Å². The standard InChI is InChI=1S/C11H17BrO3/c1-2-15-11(14)9-5-3-8(4-6-9)10(13)7-12/h8-9H,2-7H2,1H3. The van der Waals surface area contributed by atoms with Crippen LogP contribution in [-0.4, -0.2) is 23.7 Å². The van der Waals surface area contributed by atoms with E-state index in [0.29, 0.717) is 11.9 Å². The molecule has 0 aromatic rings. The summed E-state index contributed by atoms with van der Waals surface area (Å²) in [6, 6.07) is 0. The van der Waals surface area contributed by atoms with E-state index in [-0.39, 0.29) is 23.6 Å². The SMILES string of the molecule is CCOC(=O)C1CCC(C(=O)CBr)CC1. The van der Waals surface area contributed by atoms with E-state index in [4.69, 9.17) is 4.74 Å². The highest BCUT2D eigenvalue weighted by atomic mass is 79.9. The molecule has 1 aliphatic carbocycles. The second kappa shape index (κ2) is 6.26. The van der Waals surface area contributed by atoms with Crippen molar-refractivity contribution in [2.24, 2.45) is 11.8 Å². The summed E-state index contributed by atoms with van der Waals surface area (Å²) in [6.45, 7) is 2.26. The van der Waals surface area contributed by atoms with Crippen LogP contribution in [-0.2, 0) is 14.3 Å². The summed E-state index contributed by atoms with van der Waals surface area (Å²) < 4.78 is 4.97. The van der Waals surface area contributed by atoms with Gasteiger partial charge in [-0.15, -0.1) is 0 Å². The van der Waals surface area contributed by atoms with Crippen molar-refractivity contribution in [2.75, 3.05) is 11.9 Å². The van der Waals surface area contributed by atoms with Gasteiger partial charge in [0.2, 0.25) is 0 Å². The molecule has 1 aliphatic rings. The quantitative estimate of drug-likeness (QED) is 0.585. The van der Waals surface area contributed by atoms with Gasteiger partial charge in [-0.05, 0) is 32.6 Å². The Morgan fingerprint density at radius 2 is 1.73 bits per heavy atom. The van der Waals surface area contributed by atoms with E-state index in [2.05, 4.69) is 15.9 Å². The normalized spacial score (nSPS) is 26.0. The summed E-state index contributed by atoms with van der Waals surface area (Å²) in [5, 5.41) is 0.432. The van der Waals surface area contributed by atoms with Crippen molar-refractivity contribution >= 4 is 27.7 Å². The van der Waals surface area contributed by atoms with Crippen molar-refractivity contribution in [2.45, 2.75) is 32.6 Å². The third-order valence-corrected chi connectivity index (χ3v) is 3.49. The maximum atomic E-state index is 11.4. The molecule has 0 atom stereocenters. The van der Waals surface area contributed by atoms with Crippen LogP contribution in [0.2, 0.25) is 0 Å². The topological polar surface area (TPSA) is 43.4 Å². The number of Topliss-reactive ketones (excluding diaryl/α,β-unsaturated/α-hetero) is 1. The Kier molecular flexibility index (Phi) is 5.29. The maximum Gasteiger partial charge on any atom is 0.308 e. The lowest BCUT2D eigenvalue weighted by atomic mass is 9.80. The van der Waals surface area contributed by atoms with Crippen LogP contribution in [0.3, 0.4) is 0 Å². The summed E-state index contributed by atoms with van der Waals surface area (Å²) in [6.07, 6.45) is 3.24. The minimum atomic E-state index is -0.0951. The van der Waals surface area contributed by atoms with E-state index < -0.39 is 0 Å². The number of alkyl halides is 1. The van der Waals surface area contributed by atoms with Crippen LogP contribution in [0.5, 0.6) is 0 Å². The Morgan fingerprint density at radius 3 is 2.20 bits per heavy atom. The fourth-order valence-electron chi connectivity index (χ4n) is 2.02. The zero-order valence-corrected chi connectivity index (χ0v) is 10.6. The van der Waals surface area contributed by atoms with Crippen LogP contribution in [0.25, 0.3) is 0 Å². The molecule has 0 bridgehead atoms. The molecule has 0 N–H and O–H groups in total. The second-order valence-corrected chi connectivity index (χ2v) is 4.46. The number of rotatable bonds is 4. The van der Waals surface area contributed by atoms with Gasteiger partial charge in [0.1, 0.15) is 5.78 Å². The van der Waals surface area contributed by atoms with E-state index in [1.807, 2.05) is 6.92 Å². The van der Waals surface area contributed by atoms with Gasteiger partial charge in [0.05, 0.1) is 17.9 Å². The zero-order chi connectivity index (χ0) is 11.3. The molecule has 1 rings (SSSR count). The molecule has 3 nitrogen and oxygen atoms in total. The molecule has 0 heterocycles. The van der Waals surface area contributed by atoms with E-state index in [1.54, 1.807) is 0 Å². The highest BCUT2D eigenvalue weighted by molar-refractivity contribution is 9.09.